The first kappa shape index (κ1) is 15.9. The maximum absolute atomic E-state index is 13.0. The molecule has 0 aromatic heterocycles. The van der Waals surface area contributed by atoms with Gasteiger partial charge in [-0.25, -0.2) is 8.42 Å². The molecular weight excluding hydrogens is 330 g/mol. The highest BCUT2D eigenvalue weighted by Crippen LogP contribution is 2.49. The molecule has 0 N–H and O–H groups in total. The van der Waals surface area contributed by atoms with E-state index in [4.69, 9.17) is 6.42 Å². The van der Waals surface area contributed by atoms with Crippen LogP contribution in [0.4, 0.5) is 0 Å². The highest BCUT2D eigenvalue weighted by molar-refractivity contribution is 7.89. The van der Waals surface area contributed by atoms with Crippen molar-refractivity contribution in [2.24, 2.45) is 0 Å². The number of rotatable bonds is 3. The number of aryl methyl sites for hydroxylation is 1. The van der Waals surface area contributed by atoms with Crippen LogP contribution in [0.1, 0.15) is 17.2 Å². The molecule has 3 aromatic rings. The minimum Gasteiger partial charge on any atom is -0.207 e. The van der Waals surface area contributed by atoms with Gasteiger partial charge in [-0.2, -0.15) is 4.31 Å². The van der Waals surface area contributed by atoms with E-state index in [1.165, 1.54) is 4.31 Å². The van der Waals surface area contributed by atoms with Crippen molar-refractivity contribution in [3.05, 3.63) is 77.9 Å². The van der Waals surface area contributed by atoms with Gasteiger partial charge in [0.1, 0.15) is 6.04 Å². The van der Waals surface area contributed by atoms with Crippen LogP contribution in [0.2, 0.25) is 0 Å². The Kier molecular flexibility index (Phi) is 3.64. The van der Waals surface area contributed by atoms with Gasteiger partial charge in [0.2, 0.25) is 10.0 Å². The Hall–Kier alpha value is -2.61. The number of hydrogen-bond acceptors (Lipinski definition) is 2. The molecule has 4 heteroatoms. The highest BCUT2D eigenvalue weighted by Gasteiger charge is 2.56. The number of terminal acetylenes is 1. The van der Waals surface area contributed by atoms with Crippen LogP contribution in [-0.4, -0.2) is 18.8 Å². The van der Waals surface area contributed by atoms with Gasteiger partial charge in [0, 0.05) is 0 Å². The lowest BCUT2D eigenvalue weighted by Gasteiger charge is -2.08. The second-order valence-electron chi connectivity index (χ2n) is 6.27. The molecule has 4 rings (SSSR count). The molecule has 0 radical (unpaired) electrons. The highest BCUT2D eigenvalue weighted by atomic mass is 32.2. The number of sulfonamides is 1. The smallest absolute Gasteiger partial charge is 0.207 e. The first-order chi connectivity index (χ1) is 12.0. The van der Waals surface area contributed by atoms with Gasteiger partial charge in [-0.1, -0.05) is 66.1 Å². The van der Waals surface area contributed by atoms with Crippen LogP contribution in [0.3, 0.4) is 0 Å². The van der Waals surface area contributed by atoms with Gasteiger partial charge >= 0.3 is 0 Å². The first-order valence-electron chi connectivity index (χ1n) is 8.08. The van der Waals surface area contributed by atoms with E-state index in [-0.39, 0.29) is 10.9 Å². The molecule has 0 saturated carbocycles. The Morgan fingerprint density at radius 2 is 1.64 bits per heavy atom. The second kappa shape index (κ2) is 5.73. The summed E-state index contributed by atoms with van der Waals surface area (Å²) in [7, 11) is -3.62. The van der Waals surface area contributed by atoms with Gasteiger partial charge in [-0.3, -0.25) is 0 Å². The van der Waals surface area contributed by atoms with E-state index in [0.29, 0.717) is 0 Å². The minimum atomic E-state index is -3.62. The van der Waals surface area contributed by atoms with Crippen LogP contribution < -0.4 is 0 Å². The molecule has 124 valence electrons. The third-order valence-corrected chi connectivity index (χ3v) is 6.54. The zero-order chi connectivity index (χ0) is 17.6. The summed E-state index contributed by atoms with van der Waals surface area (Å²) in [6, 6.07) is 20.0. The van der Waals surface area contributed by atoms with Crippen molar-refractivity contribution in [2.75, 3.05) is 0 Å². The molecular formula is C21H17NO2S. The molecule has 1 aliphatic heterocycles. The lowest BCUT2D eigenvalue weighted by molar-refractivity contribution is 0.551. The summed E-state index contributed by atoms with van der Waals surface area (Å²) < 4.78 is 27.5. The van der Waals surface area contributed by atoms with E-state index in [1.54, 1.807) is 24.3 Å². The van der Waals surface area contributed by atoms with Gasteiger partial charge in [0.25, 0.3) is 0 Å². The third-order valence-electron chi connectivity index (χ3n) is 4.67. The van der Waals surface area contributed by atoms with Gasteiger partial charge < -0.3 is 0 Å². The maximum atomic E-state index is 13.0. The monoisotopic (exact) mass is 347 g/mol. The fourth-order valence-electron chi connectivity index (χ4n) is 3.32. The topological polar surface area (TPSA) is 37.1 Å². The molecule has 1 aliphatic rings. The number of fused-ring (bicyclic) bond motifs is 1. The van der Waals surface area contributed by atoms with Gasteiger partial charge in [0.15, 0.2) is 0 Å². The summed E-state index contributed by atoms with van der Waals surface area (Å²) >= 11 is 0. The summed E-state index contributed by atoms with van der Waals surface area (Å²) in [5.74, 6) is 2.64. The van der Waals surface area contributed by atoms with Crippen LogP contribution in [0.5, 0.6) is 0 Å². The Bertz CT molecular complexity index is 1090. The quantitative estimate of drug-likeness (QED) is 0.532. The SMILES string of the molecule is C#C[C@H]1[C@@H](c2cccc3ccccc23)N1S(=O)(=O)c1ccc(C)cc1. The Balaban J connectivity index is 1.79. The molecule has 0 spiro atoms. The van der Waals surface area contributed by atoms with Crippen molar-refractivity contribution in [3.63, 3.8) is 0 Å². The largest absolute Gasteiger partial charge is 0.244 e. The fraction of sp³-hybridized carbons (Fsp3) is 0.143. The molecule has 0 aliphatic carbocycles. The van der Waals surface area contributed by atoms with Gasteiger partial charge in [-0.05, 0) is 35.4 Å². The molecule has 1 saturated heterocycles. The second-order valence-corrected chi connectivity index (χ2v) is 8.12. The molecule has 25 heavy (non-hydrogen) atoms. The van der Waals surface area contributed by atoms with Crippen molar-refractivity contribution in [2.45, 2.75) is 23.9 Å². The molecule has 0 amide bonds. The summed E-state index contributed by atoms with van der Waals surface area (Å²) in [5.41, 5.74) is 1.97. The summed E-state index contributed by atoms with van der Waals surface area (Å²) in [5, 5.41) is 2.12. The summed E-state index contributed by atoms with van der Waals surface area (Å²) in [6.45, 7) is 1.93. The van der Waals surface area contributed by atoms with Crippen molar-refractivity contribution < 1.29 is 8.42 Å². The number of hydrogen-bond donors (Lipinski definition) is 0. The molecule has 3 aromatic carbocycles. The van der Waals surface area contributed by atoms with E-state index in [9.17, 15) is 8.42 Å². The molecule has 0 bridgehead atoms. The minimum absolute atomic E-state index is 0.279. The van der Waals surface area contributed by atoms with Crippen molar-refractivity contribution in [3.8, 4) is 12.3 Å². The van der Waals surface area contributed by atoms with Crippen LogP contribution in [0.15, 0.2) is 71.6 Å². The molecule has 1 fully saturated rings. The third kappa shape index (κ3) is 2.53. The Labute approximate surface area is 148 Å². The van der Waals surface area contributed by atoms with E-state index >= 15 is 0 Å². The first-order valence-corrected chi connectivity index (χ1v) is 9.52. The Morgan fingerprint density at radius 3 is 2.36 bits per heavy atom. The zero-order valence-corrected chi connectivity index (χ0v) is 14.6. The number of benzene rings is 3. The number of nitrogens with zero attached hydrogens (tertiary/aromatic N) is 1. The van der Waals surface area contributed by atoms with Crippen LogP contribution >= 0.6 is 0 Å². The maximum Gasteiger partial charge on any atom is 0.244 e. The van der Waals surface area contributed by atoms with Crippen molar-refractivity contribution >= 4 is 20.8 Å². The average molecular weight is 347 g/mol. The standard InChI is InChI=1S/C21H17NO2S/c1-3-20-21(19-10-6-8-16-7-4-5-9-18(16)19)22(20)25(23,24)17-13-11-15(2)12-14-17/h1,4-14,20-21H,2H3/t20-,21+,22?/m0/s1. The normalized spacial score (nSPS) is 22.5. The van der Waals surface area contributed by atoms with Crippen molar-refractivity contribution in [1.82, 2.24) is 4.31 Å². The van der Waals surface area contributed by atoms with E-state index in [0.717, 1.165) is 21.9 Å². The summed E-state index contributed by atoms with van der Waals surface area (Å²) in [6.07, 6.45) is 5.64. The molecule has 1 heterocycles. The predicted molar refractivity (Wildman–Crippen MR) is 99.5 cm³/mol. The van der Waals surface area contributed by atoms with E-state index in [1.807, 2.05) is 49.4 Å². The van der Waals surface area contributed by atoms with E-state index in [2.05, 4.69) is 5.92 Å². The molecule has 3 nitrogen and oxygen atoms in total. The lowest BCUT2D eigenvalue weighted by Crippen LogP contribution is -2.14. The molecule has 1 unspecified atom stereocenters. The zero-order valence-electron chi connectivity index (χ0n) is 13.8. The van der Waals surface area contributed by atoms with Crippen LogP contribution in [0.25, 0.3) is 10.8 Å². The van der Waals surface area contributed by atoms with Crippen LogP contribution in [0, 0.1) is 19.3 Å². The predicted octanol–water partition coefficient (Wildman–Crippen LogP) is 3.90. The van der Waals surface area contributed by atoms with Crippen LogP contribution in [-0.2, 0) is 10.0 Å². The van der Waals surface area contributed by atoms with E-state index < -0.39 is 16.1 Å². The fourth-order valence-corrected chi connectivity index (χ4v) is 4.99. The van der Waals surface area contributed by atoms with Gasteiger partial charge in [0.05, 0.1) is 10.9 Å². The van der Waals surface area contributed by atoms with Crippen molar-refractivity contribution in [1.29, 1.82) is 0 Å². The Morgan fingerprint density at radius 1 is 0.960 bits per heavy atom. The lowest BCUT2D eigenvalue weighted by atomic mass is 10.0. The summed E-state index contributed by atoms with van der Waals surface area (Å²) in [4.78, 5) is 0.279. The average Bonchev–Trinajstić information content (AvgIpc) is 3.37. The molecule has 3 atom stereocenters. The van der Waals surface area contributed by atoms with Gasteiger partial charge in [-0.15, -0.1) is 6.42 Å².